The van der Waals surface area contributed by atoms with Gasteiger partial charge in [0.25, 0.3) is 0 Å². The Balaban J connectivity index is 0.000000379. The molecule has 0 saturated carbocycles. The van der Waals surface area contributed by atoms with Crippen LogP contribution < -0.4 is 0 Å². The van der Waals surface area contributed by atoms with Crippen LogP contribution >= 0.6 is 11.3 Å². The van der Waals surface area contributed by atoms with Gasteiger partial charge in [0.15, 0.2) is 5.78 Å². The van der Waals surface area contributed by atoms with Crippen LogP contribution in [0.5, 0.6) is 0 Å². The maximum Gasteiger partial charge on any atom is 0.401 e. The number of carbonyl (C=O) groups excluding carboxylic acids is 1. The number of rotatable bonds is 10. The van der Waals surface area contributed by atoms with Crippen molar-refractivity contribution in [2.75, 3.05) is 0 Å². The number of fused-ring (bicyclic) bond motifs is 2. The number of aromatic nitrogens is 2. The van der Waals surface area contributed by atoms with Crippen LogP contribution in [0.2, 0.25) is 0 Å². The molecule has 2 aromatic heterocycles. The van der Waals surface area contributed by atoms with Crippen LogP contribution in [0.4, 0.5) is 26.3 Å². The number of carbonyl (C=O) groups is 1. The third kappa shape index (κ3) is 9.73. The van der Waals surface area contributed by atoms with Crippen LogP contribution in [0.25, 0.3) is 32.2 Å². The molecular weight excluding hydrogens is 855 g/mol. The number of alkyl halides is 6. The van der Waals surface area contributed by atoms with Crippen LogP contribution in [-0.4, -0.2) is 33.2 Å². The number of aliphatic hydroxyl groups is 1. The zero-order valence-electron chi connectivity index (χ0n) is 29.6. The molecule has 0 fully saturated rings. The molecule has 0 aliphatic rings. The van der Waals surface area contributed by atoms with Crippen molar-refractivity contribution in [2.24, 2.45) is 11.3 Å². The quantitative estimate of drug-likeness (QED) is 0.0745. The molecule has 50 heavy (non-hydrogen) atoms. The van der Waals surface area contributed by atoms with Crippen molar-refractivity contribution in [1.82, 2.24) is 9.97 Å². The minimum absolute atomic E-state index is 0. The molecule has 0 saturated heterocycles. The molecule has 0 aliphatic heterocycles. The second-order valence-electron chi connectivity index (χ2n) is 13.3. The summed E-state index contributed by atoms with van der Waals surface area (Å²) in [7, 11) is 0. The Morgan fingerprint density at radius 3 is 2.10 bits per heavy atom. The fourth-order valence-electron chi connectivity index (χ4n) is 5.97. The number of aryl methyl sites for hydroxylation is 2. The van der Waals surface area contributed by atoms with E-state index in [1.807, 2.05) is 39.0 Å². The van der Waals surface area contributed by atoms with Crippen LogP contribution in [0.1, 0.15) is 96.6 Å². The van der Waals surface area contributed by atoms with Gasteiger partial charge in [-0.15, -0.1) is 40.5 Å². The number of halogens is 6. The molecule has 277 valence electrons. The van der Waals surface area contributed by atoms with Crippen molar-refractivity contribution >= 4 is 38.1 Å². The Morgan fingerprint density at radius 2 is 1.58 bits per heavy atom. The van der Waals surface area contributed by atoms with Gasteiger partial charge in [-0.2, -0.15) is 26.3 Å². The molecule has 1 N–H and O–H groups in total. The molecule has 0 amide bonds. The maximum absolute atomic E-state index is 13.1. The van der Waals surface area contributed by atoms with E-state index < -0.39 is 30.0 Å². The van der Waals surface area contributed by atoms with E-state index in [-0.39, 0.29) is 56.5 Å². The Kier molecular flexibility index (Phi) is 14.8. The van der Waals surface area contributed by atoms with Gasteiger partial charge in [0, 0.05) is 53.8 Å². The second-order valence-corrected chi connectivity index (χ2v) is 14.4. The first kappa shape index (κ1) is 43.3. The Hall–Kier alpha value is -2.82. The number of hydrogen-bond acceptors (Lipinski definition) is 5. The summed E-state index contributed by atoms with van der Waals surface area (Å²) in [4.78, 5) is 21.6. The van der Waals surface area contributed by atoms with Crippen LogP contribution in [0.3, 0.4) is 0 Å². The molecule has 4 nitrogen and oxygen atoms in total. The first-order chi connectivity index (χ1) is 22.7. The number of nitrogens with zero attached hydrogens (tertiary/aromatic N) is 2. The number of allylic oxidation sites excluding steroid dienone is 2. The van der Waals surface area contributed by atoms with Crippen LogP contribution in [0.15, 0.2) is 48.5 Å². The van der Waals surface area contributed by atoms with Crippen molar-refractivity contribution in [3.8, 4) is 11.3 Å². The van der Waals surface area contributed by atoms with Gasteiger partial charge >= 0.3 is 12.4 Å². The average Bonchev–Trinajstić information content (AvgIpc) is 3.35. The summed E-state index contributed by atoms with van der Waals surface area (Å²) in [6.07, 6.45) is -6.85. The van der Waals surface area contributed by atoms with E-state index in [1.54, 1.807) is 0 Å². The van der Waals surface area contributed by atoms with E-state index in [0.717, 1.165) is 43.9 Å². The monoisotopic (exact) mass is 900 g/mol. The third-order valence-corrected chi connectivity index (χ3v) is 10.5. The summed E-state index contributed by atoms with van der Waals surface area (Å²) in [5, 5.41) is 11.9. The van der Waals surface area contributed by atoms with Gasteiger partial charge in [0.05, 0.1) is 11.3 Å². The fraction of sp³-hybridized carbons (Fsp3) is 0.500. The van der Waals surface area contributed by atoms with Gasteiger partial charge in [-0.25, -0.2) is 4.98 Å². The molecule has 0 spiro atoms. The van der Waals surface area contributed by atoms with Crippen molar-refractivity contribution < 1.29 is 56.3 Å². The molecule has 2 aromatic carbocycles. The Bertz CT molecular complexity index is 1780. The second kappa shape index (κ2) is 17.1. The molecular formula is C38H45F6IrN2O2S-. The van der Waals surface area contributed by atoms with Gasteiger partial charge in [0.1, 0.15) is 11.7 Å². The number of thiophene rings is 1. The summed E-state index contributed by atoms with van der Waals surface area (Å²) < 4.78 is 78.4. The zero-order valence-corrected chi connectivity index (χ0v) is 32.8. The maximum atomic E-state index is 13.1. The van der Waals surface area contributed by atoms with Crippen LogP contribution in [-0.2, 0) is 36.7 Å². The molecule has 2 heterocycles. The van der Waals surface area contributed by atoms with Gasteiger partial charge in [-0.1, -0.05) is 77.6 Å². The molecule has 4 aromatic rings. The number of aliphatic hydroxyl groups excluding tert-OH is 1. The van der Waals surface area contributed by atoms with Gasteiger partial charge in [-0.05, 0) is 50.0 Å². The molecule has 4 rings (SSSR count). The molecule has 0 unspecified atom stereocenters. The van der Waals surface area contributed by atoms with Crippen molar-refractivity contribution in [2.45, 2.75) is 112 Å². The van der Waals surface area contributed by atoms with E-state index in [2.05, 4.69) is 48.9 Å². The number of ketones is 1. The minimum Gasteiger partial charge on any atom is -0.512 e. The molecule has 12 heteroatoms. The summed E-state index contributed by atoms with van der Waals surface area (Å²) in [6.45, 7) is 14.7. The molecule has 0 aliphatic carbocycles. The van der Waals surface area contributed by atoms with E-state index in [1.165, 1.54) is 37.1 Å². The van der Waals surface area contributed by atoms with E-state index in [4.69, 9.17) is 0 Å². The topological polar surface area (TPSA) is 63.1 Å². The fourth-order valence-corrected chi connectivity index (χ4v) is 7.23. The summed E-state index contributed by atoms with van der Waals surface area (Å²) >= 11 is 1.36. The van der Waals surface area contributed by atoms with E-state index in [9.17, 15) is 36.2 Å². The first-order valence-electron chi connectivity index (χ1n) is 16.5. The number of benzene rings is 2. The molecule has 0 atom stereocenters. The van der Waals surface area contributed by atoms with Crippen molar-refractivity contribution in [3.63, 3.8) is 0 Å². The Labute approximate surface area is 308 Å². The minimum atomic E-state index is -4.60. The Morgan fingerprint density at radius 1 is 0.980 bits per heavy atom. The smallest absolute Gasteiger partial charge is 0.401 e. The average molecular weight is 900 g/mol. The van der Waals surface area contributed by atoms with Gasteiger partial charge < -0.3 is 5.11 Å². The summed E-state index contributed by atoms with van der Waals surface area (Å²) in [6, 6.07) is 13.7. The molecule has 0 bridgehead atoms. The third-order valence-electron chi connectivity index (χ3n) is 9.18. The predicted molar refractivity (Wildman–Crippen MR) is 186 cm³/mol. The van der Waals surface area contributed by atoms with Gasteiger partial charge in [-0.3, -0.25) is 9.78 Å². The SMILES string of the molecule is CCC(CC)/C(O)=C/C(=O)C(CC)(CC)C(F)(F)F.Cc1c(CCC(F)(F)F)sc2c(-c3[c-]c4ccccc4c(C(C)(C)C)c3)ncnc12.[Ir]. The number of hydrogen-bond donors (Lipinski definition) is 1. The summed E-state index contributed by atoms with van der Waals surface area (Å²) in [5.41, 5.74) is 1.81. The van der Waals surface area contributed by atoms with Crippen molar-refractivity contribution in [1.29, 1.82) is 0 Å². The van der Waals surface area contributed by atoms with Crippen molar-refractivity contribution in [3.05, 3.63) is 70.6 Å². The zero-order chi connectivity index (χ0) is 36.9. The van der Waals surface area contributed by atoms with Gasteiger partial charge in [0.2, 0.25) is 0 Å². The van der Waals surface area contributed by atoms with E-state index in [0.29, 0.717) is 17.7 Å². The summed E-state index contributed by atoms with van der Waals surface area (Å²) in [5.74, 6) is -1.55. The molecule has 1 radical (unpaired) electrons. The van der Waals surface area contributed by atoms with E-state index >= 15 is 0 Å². The standard InChI is InChI=1S/C24H22F3N2S.C14H23F3O2.Ir/c1-14-19(9-10-24(25,26)27)30-22-20(14)28-13-29-21(22)16-11-15-7-5-6-8-17(15)18(12-16)23(2,3)4;1-5-10(6-2)11(18)9-12(19)13(7-3,8-4)14(15,16)17;/h5-8,12-13H,9-10H2,1-4H3;9-10,18H,5-8H2,1-4H3;/q-1;;/b;11-9-;. The first-order valence-corrected chi connectivity index (χ1v) is 17.3. The van der Waals surface area contributed by atoms with Crippen LogP contribution in [0, 0.1) is 24.3 Å². The normalized spacial score (nSPS) is 13.0. The largest absolute Gasteiger partial charge is 0.512 e. The predicted octanol–water partition coefficient (Wildman–Crippen LogP) is 12.2.